The fourth-order valence-corrected chi connectivity index (χ4v) is 4.44. The van der Waals surface area contributed by atoms with Crippen LogP contribution in [0.1, 0.15) is 61.4 Å². The van der Waals surface area contributed by atoms with Gasteiger partial charge in [0, 0.05) is 32.1 Å². The number of hydrogen-bond acceptors (Lipinski definition) is 4. The minimum Gasteiger partial charge on any atom is -0.465 e. The molecule has 34 heavy (non-hydrogen) atoms. The molecule has 0 aliphatic carbocycles. The van der Waals surface area contributed by atoms with Crippen LogP contribution in [0.2, 0.25) is 0 Å². The lowest BCUT2D eigenvalue weighted by molar-refractivity contribution is -0.152. The first kappa shape index (κ1) is 26.0. The summed E-state index contributed by atoms with van der Waals surface area (Å²) in [5.74, 6) is -3.17. The number of hydrogen-bond donors (Lipinski definition) is 0. The quantitative estimate of drug-likeness (QED) is 0.342. The third-order valence-electron chi connectivity index (χ3n) is 6.55. The van der Waals surface area contributed by atoms with Gasteiger partial charge in [0.25, 0.3) is 5.91 Å². The number of likely N-dealkylation sites (tertiary alicyclic amines) is 2. The standard InChI is InChI=1S/C24H30F4N2O4/c1-2-3-15-34-23(33)17-9-13-29(14-10-17)21(31)16-7-11-30(12-8-16)22(32)18-5-4-6-19(20(18)25)24(26,27)28/h4-6,16-17H,2-3,7-15H2,1H3. The van der Waals surface area contributed by atoms with Crippen molar-refractivity contribution >= 4 is 17.8 Å². The monoisotopic (exact) mass is 486 g/mol. The number of rotatable bonds is 6. The average molecular weight is 487 g/mol. The molecule has 0 N–H and O–H groups in total. The number of amides is 2. The minimum atomic E-state index is -4.89. The lowest BCUT2D eigenvalue weighted by Crippen LogP contribution is -2.47. The highest BCUT2D eigenvalue weighted by Crippen LogP contribution is 2.33. The first-order chi connectivity index (χ1) is 16.1. The van der Waals surface area contributed by atoms with Gasteiger partial charge in [-0.05, 0) is 44.2 Å². The molecule has 0 bridgehead atoms. The number of nitrogens with zero attached hydrogens (tertiary/aromatic N) is 2. The minimum absolute atomic E-state index is 0.0462. The number of unbranched alkanes of at least 4 members (excludes halogenated alkanes) is 1. The van der Waals surface area contributed by atoms with Crippen LogP contribution in [0.15, 0.2) is 18.2 Å². The van der Waals surface area contributed by atoms with Crippen molar-refractivity contribution in [3.05, 3.63) is 35.1 Å². The maximum Gasteiger partial charge on any atom is 0.419 e. The van der Waals surface area contributed by atoms with Crippen molar-refractivity contribution in [2.24, 2.45) is 11.8 Å². The molecule has 0 radical (unpaired) electrons. The molecule has 0 spiro atoms. The van der Waals surface area contributed by atoms with Gasteiger partial charge in [-0.25, -0.2) is 4.39 Å². The van der Waals surface area contributed by atoms with Gasteiger partial charge >= 0.3 is 12.1 Å². The summed E-state index contributed by atoms with van der Waals surface area (Å²) < 4.78 is 58.5. The van der Waals surface area contributed by atoms with E-state index in [0.29, 0.717) is 51.4 Å². The van der Waals surface area contributed by atoms with Gasteiger partial charge < -0.3 is 14.5 Å². The fourth-order valence-electron chi connectivity index (χ4n) is 4.44. The highest BCUT2D eigenvalue weighted by Gasteiger charge is 2.38. The number of alkyl halides is 3. The Labute approximate surface area is 196 Å². The van der Waals surface area contributed by atoms with Crippen molar-refractivity contribution in [3.8, 4) is 0 Å². The van der Waals surface area contributed by atoms with Crippen LogP contribution in [0.3, 0.4) is 0 Å². The van der Waals surface area contributed by atoms with Crippen LogP contribution in [0.25, 0.3) is 0 Å². The zero-order chi connectivity index (χ0) is 24.9. The highest BCUT2D eigenvalue weighted by atomic mass is 19.4. The van der Waals surface area contributed by atoms with Crippen molar-refractivity contribution in [3.63, 3.8) is 0 Å². The van der Waals surface area contributed by atoms with E-state index in [2.05, 4.69) is 0 Å². The van der Waals surface area contributed by atoms with Crippen molar-refractivity contribution < 1.29 is 36.7 Å². The molecule has 2 heterocycles. The topological polar surface area (TPSA) is 66.9 Å². The molecular weight excluding hydrogens is 456 g/mol. The molecule has 2 fully saturated rings. The summed E-state index contributed by atoms with van der Waals surface area (Å²) in [6.45, 7) is 3.66. The van der Waals surface area contributed by atoms with E-state index in [1.165, 1.54) is 4.90 Å². The van der Waals surface area contributed by atoms with Crippen LogP contribution >= 0.6 is 0 Å². The number of halogens is 4. The Bertz CT molecular complexity index is 889. The predicted octanol–water partition coefficient (Wildman–Crippen LogP) is 4.28. The van der Waals surface area contributed by atoms with E-state index < -0.39 is 29.0 Å². The molecule has 2 aliphatic heterocycles. The van der Waals surface area contributed by atoms with Gasteiger partial charge in [0.2, 0.25) is 5.91 Å². The number of carbonyl (C=O) groups is 3. The van der Waals surface area contributed by atoms with Crippen LogP contribution in [0, 0.1) is 17.7 Å². The van der Waals surface area contributed by atoms with Crippen LogP contribution in [-0.2, 0) is 20.5 Å². The summed E-state index contributed by atoms with van der Waals surface area (Å²) in [7, 11) is 0. The highest BCUT2D eigenvalue weighted by molar-refractivity contribution is 5.95. The third kappa shape index (κ3) is 6.07. The van der Waals surface area contributed by atoms with E-state index in [-0.39, 0.29) is 36.8 Å². The predicted molar refractivity (Wildman–Crippen MR) is 115 cm³/mol. The molecule has 10 heteroatoms. The molecule has 188 valence electrons. The lowest BCUT2D eigenvalue weighted by atomic mass is 9.91. The van der Waals surface area contributed by atoms with Crippen LogP contribution in [0.5, 0.6) is 0 Å². The summed E-state index contributed by atoms with van der Waals surface area (Å²) >= 11 is 0. The molecule has 0 aromatic heterocycles. The van der Waals surface area contributed by atoms with Crippen LogP contribution in [0.4, 0.5) is 17.6 Å². The number of esters is 1. The normalized spacial score (nSPS) is 18.1. The molecule has 0 saturated carbocycles. The molecule has 1 aromatic carbocycles. The van der Waals surface area contributed by atoms with E-state index in [0.717, 1.165) is 25.0 Å². The van der Waals surface area contributed by atoms with Gasteiger partial charge in [0.15, 0.2) is 0 Å². The maximum atomic E-state index is 14.3. The van der Waals surface area contributed by atoms with Gasteiger partial charge in [-0.1, -0.05) is 19.4 Å². The number of carbonyl (C=O) groups excluding carboxylic acids is 3. The Morgan fingerprint density at radius 3 is 2.15 bits per heavy atom. The summed E-state index contributed by atoms with van der Waals surface area (Å²) in [6, 6.07) is 2.66. The van der Waals surface area contributed by atoms with E-state index in [9.17, 15) is 31.9 Å². The van der Waals surface area contributed by atoms with Gasteiger partial charge in [-0.2, -0.15) is 13.2 Å². The Morgan fingerprint density at radius 1 is 0.971 bits per heavy atom. The van der Waals surface area contributed by atoms with Gasteiger partial charge in [-0.3, -0.25) is 14.4 Å². The van der Waals surface area contributed by atoms with E-state index in [4.69, 9.17) is 4.74 Å². The van der Waals surface area contributed by atoms with Gasteiger partial charge in [-0.15, -0.1) is 0 Å². The van der Waals surface area contributed by atoms with Crippen LogP contribution < -0.4 is 0 Å². The molecule has 2 saturated heterocycles. The molecule has 2 aliphatic rings. The largest absolute Gasteiger partial charge is 0.465 e. The van der Waals surface area contributed by atoms with E-state index >= 15 is 0 Å². The summed E-state index contributed by atoms with van der Waals surface area (Å²) in [5, 5.41) is 0. The molecule has 3 rings (SSSR count). The number of piperidine rings is 2. The average Bonchev–Trinajstić information content (AvgIpc) is 2.83. The smallest absolute Gasteiger partial charge is 0.419 e. The second kappa shape index (κ2) is 11.2. The summed E-state index contributed by atoms with van der Waals surface area (Å²) in [4.78, 5) is 40.7. The van der Waals surface area contributed by atoms with Crippen LogP contribution in [-0.4, -0.2) is 60.4 Å². The van der Waals surface area contributed by atoms with Gasteiger partial charge in [0.1, 0.15) is 5.82 Å². The maximum absolute atomic E-state index is 14.3. The second-order valence-corrected chi connectivity index (χ2v) is 8.85. The SMILES string of the molecule is CCCCOC(=O)C1CCN(C(=O)C2CCN(C(=O)c3cccc(C(F)(F)F)c3F)CC2)CC1. The van der Waals surface area contributed by atoms with Crippen molar-refractivity contribution in [2.45, 2.75) is 51.6 Å². The lowest BCUT2D eigenvalue weighted by Gasteiger charge is -2.37. The van der Waals surface area contributed by atoms with E-state index in [1.807, 2.05) is 6.92 Å². The number of benzene rings is 1. The number of ether oxygens (including phenoxy) is 1. The van der Waals surface area contributed by atoms with Crippen molar-refractivity contribution in [1.82, 2.24) is 9.80 Å². The molecule has 0 atom stereocenters. The first-order valence-corrected chi connectivity index (χ1v) is 11.7. The third-order valence-corrected chi connectivity index (χ3v) is 6.55. The molecule has 1 aromatic rings. The van der Waals surface area contributed by atoms with E-state index in [1.54, 1.807) is 4.90 Å². The molecular formula is C24H30F4N2O4. The second-order valence-electron chi connectivity index (χ2n) is 8.85. The summed E-state index contributed by atoms with van der Waals surface area (Å²) in [6.07, 6.45) is -1.33. The van der Waals surface area contributed by atoms with Crippen molar-refractivity contribution in [1.29, 1.82) is 0 Å². The molecule has 2 amide bonds. The Kier molecular flexibility index (Phi) is 8.54. The Morgan fingerprint density at radius 2 is 1.56 bits per heavy atom. The van der Waals surface area contributed by atoms with Crippen molar-refractivity contribution in [2.75, 3.05) is 32.8 Å². The summed E-state index contributed by atoms with van der Waals surface area (Å²) in [5.41, 5.74) is -2.09. The fraction of sp³-hybridized carbons (Fsp3) is 0.625. The molecule has 0 unspecified atom stereocenters. The zero-order valence-electron chi connectivity index (χ0n) is 19.2. The van der Waals surface area contributed by atoms with Gasteiger partial charge in [0.05, 0.1) is 23.7 Å². The first-order valence-electron chi connectivity index (χ1n) is 11.7. The Balaban J connectivity index is 1.50. The molecule has 6 nitrogen and oxygen atoms in total. The zero-order valence-corrected chi connectivity index (χ0v) is 19.2. The Hall–Kier alpha value is -2.65.